The Morgan fingerprint density at radius 2 is 1.27 bits per heavy atom. The molecule has 0 spiro atoms. The summed E-state index contributed by atoms with van der Waals surface area (Å²) in [7, 11) is 0. The van der Waals surface area contributed by atoms with Crippen molar-refractivity contribution < 1.29 is 24.2 Å². The molecule has 22 heavy (non-hydrogen) atoms. The molecule has 0 aliphatic rings. The summed E-state index contributed by atoms with van der Waals surface area (Å²) < 4.78 is 0. The highest BCUT2D eigenvalue weighted by Crippen LogP contribution is 2.22. The first-order chi connectivity index (χ1) is 10.3. The predicted molar refractivity (Wildman–Crippen MR) is 59.5 cm³/mol. The number of carbonyl (C=O) groups is 1. The van der Waals surface area contributed by atoms with Gasteiger partial charge in [-0.2, -0.15) is 0 Å². The normalized spacial score (nSPS) is 15.2. The van der Waals surface area contributed by atoms with Gasteiger partial charge in [-0.25, -0.2) is 0 Å². The molecule has 0 heterocycles. The maximum atomic E-state index is 12.0. The zero-order chi connectivity index (χ0) is 17.5. The van der Waals surface area contributed by atoms with Crippen LogP contribution in [0.5, 0.6) is 0 Å². The first kappa shape index (κ1) is 18.5. The van der Waals surface area contributed by atoms with Crippen LogP contribution in [0.4, 0.5) is 0 Å². The van der Waals surface area contributed by atoms with Gasteiger partial charge < -0.3 is 41.7 Å². The van der Waals surface area contributed by atoms with Gasteiger partial charge in [0, 0.05) is 0 Å². The fourth-order valence-corrected chi connectivity index (χ4v) is 1.42. The molecule has 0 aromatic rings. The number of ketones is 1. The summed E-state index contributed by atoms with van der Waals surface area (Å²) in [6.07, 6.45) is -4.06. The first-order valence-electron chi connectivity index (χ1n) is 5.03. The SMILES string of the molecule is CCC(C(=O)C(/[N+]([O-])=N/[O-])/[N+]([O-])=N/[O-])(/[N+]([O-])=N/[O-])/[N+]([O-])=N/[O-]. The quantitative estimate of drug-likeness (QED) is 0.260. The summed E-state index contributed by atoms with van der Waals surface area (Å²) in [6.45, 7) is 0.897. The van der Waals surface area contributed by atoms with Crippen molar-refractivity contribution in [2.24, 2.45) is 21.1 Å². The lowest BCUT2D eigenvalue weighted by atomic mass is 10.0. The number of hydroxylamine groups is 4. The lowest BCUT2D eigenvalue weighted by molar-refractivity contribution is -0.822. The van der Waals surface area contributed by atoms with E-state index in [4.69, 9.17) is 0 Å². The number of hydrogen-bond acceptors (Lipinski definition) is 13. The van der Waals surface area contributed by atoms with Gasteiger partial charge in [-0.05, 0) is 40.6 Å². The Morgan fingerprint density at radius 1 is 0.909 bits per heavy atom. The molecule has 0 bridgehead atoms. The third kappa shape index (κ3) is 2.81. The van der Waals surface area contributed by atoms with E-state index in [1.54, 1.807) is 21.1 Å². The Hall–Kier alpha value is -3.53. The van der Waals surface area contributed by atoms with E-state index in [0.29, 0.717) is 0 Å². The lowest BCUT2D eigenvalue weighted by Gasteiger charge is -2.24. The van der Waals surface area contributed by atoms with E-state index in [2.05, 4.69) is 0 Å². The van der Waals surface area contributed by atoms with Gasteiger partial charge in [0.05, 0.1) is 6.42 Å². The van der Waals surface area contributed by atoms with Gasteiger partial charge in [0.1, 0.15) is 0 Å². The third-order valence-corrected chi connectivity index (χ3v) is 2.48. The molecule has 0 radical (unpaired) electrons. The smallest absolute Gasteiger partial charge is 0.490 e. The number of nitrogens with zero attached hydrogens (tertiary/aromatic N) is 8. The molecule has 17 nitrogen and oxygen atoms in total. The van der Waals surface area contributed by atoms with Crippen molar-refractivity contribution in [2.75, 3.05) is 0 Å². The molecule has 0 N–H and O–H groups in total. The summed E-state index contributed by atoms with van der Waals surface area (Å²) >= 11 is 0. The summed E-state index contributed by atoms with van der Waals surface area (Å²) in [5.41, 5.74) is -3.42. The average molecular weight is 322 g/mol. The number of Topliss-reactive ketones (excluding diaryl/α,β-unsaturated/α-hetero) is 1. The van der Waals surface area contributed by atoms with Crippen LogP contribution in [0.15, 0.2) is 21.1 Å². The minimum atomic E-state index is -3.42. The molecule has 0 aromatic carbocycles. The van der Waals surface area contributed by atoms with E-state index >= 15 is 0 Å². The second-order valence-corrected chi connectivity index (χ2v) is 3.39. The lowest BCUT2D eigenvalue weighted by Crippen LogP contribution is -2.60. The highest BCUT2D eigenvalue weighted by molar-refractivity contribution is 5.87. The largest absolute Gasteiger partial charge is 0.739 e. The van der Waals surface area contributed by atoms with Gasteiger partial charge in [-0.15, -0.1) is 0 Å². The van der Waals surface area contributed by atoms with Crippen molar-refractivity contribution in [1.82, 2.24) is 0 Å². The summed E-state index contributed by atoms with van der Waals surface area (Å²) in [6, 6.07) is 0. The Morgan fingerprint density at radius 3 is 1.50 bits per heavy atom. The fraction of sp³-hybridized carbons (Fsp3) is 0.800. The number of carbonyl (C=O) groups excluding carboxylic acids is 1. The van der Waals surface area contributed by atoms with Gasteiger partial charge in [0.2, 0.25) is 0 Å². The summed E-state index contributed by atoms with van der Waals surface area (Å²) in [4.78, 5) is 7.30. The molecule has 0 fully saturated rings. The van der Waals surface area contributed by atoms with E-state index < -0.39 is 43.5 Å². The van der Waals surface area contributed by atoms with E-state index in [-0.39, 0.29) is 0 Å². The molecule has 0 saturated carbocycles. The second-order valence-electron chi connectivity index (χ2n) is 3.39. The van der Waals surface area contributed by atoms with Crippen molar-refractivity contribution in [3.05, 3.63) is 41.7 Å². The summed E-state index contributed by atoms with van der Waals surface area (Å²) in [5.74, 6) is -2.15. The van der Waals surface area contributed by atoms with Crippen LogP contribution in [-0.4, -0.2) is 37.1 Å². The molecular weight excluding hydrogens is 316 g/mol. The third-order valence-electron chi connectivity index (χ3n) is 2.48. The zero-order valence-corrected chi connectivity index (χ0v) is 10.5. The molecule has 0 atom stereocenters. The van der Waals surface area contributed by atoms with Crippen molar-refractivity contribution >= 4 is 5.78 Å². The average Bonchev–Trinajstić information content (AvgIpc) is 2.54. The van der Waals surface area contributed by atoms with Crippen LogP contribution in [-0.2, 0) is 4.79 Å². The minimum Gasteiger partial charge on any atom is -0.739 e. The van der Waals surface area contributed by atoms with Crippen LogP contribution in [0.3, 0.4) is 0 Å². The van der Waals surface area contributed by atoms with Crippen LogP contribution in [0.2, 0.25) is 0 Å². The van der Waals surface area contributed by atoms with Gasteiger partial charge in [0.15, 0.2) is 0 Å². The Kier molecular flexibility index (Phi) is 6.13. The van der Waals surface area contributed by atoms with Crippen LogP contribution >= 0.6 is 0 Å². The maximum Gasteiger partial charge on any atom is 0.490 e. The Labute approximate surface area is 119 Å². The van der Waals surface area contributed by atoms with Crippen molar-refractivity contribution in [3.8, 4) is 0 Å². The second kappa shape index (κ2) is 7.31. The fourth-order valence-electron chi connectivity index (χ4n) is 1.42. The predicted octanol–water partition coefficient (Wildman–Crippen LogP) is -0.171. The van der Waals surface area contributed by atoms with Crippen molar-refractivity contribution in [2.45, 2.75) is 25.2 Å². The molecule has 0 amide bonds. The Balaban J connectivity index is 6.43. The van der Waals surface area contributed by atoms with E-state index in [0.717, 1.165) is 6.92 Å². The maximum absolute atomic E-state index is 12.0. The van der Waals surface area contributed by atoms with Gasteiger partial charge in [0.25, 0.3) is 0 Å². The van der Waals surface area contributed by atoms with E-state index in [9.17, 15) is 46.5 Å². The van der Waals surface area contributed by atoms with Crippen LogP contribution in [0, 0.1) is 41.7 Å². The van der Waals surface area contributed by atoms with Gasteiger partial charge >= 0.3 is 17.6 Å². The first-order valence-corrected chi connectivity index (χ1v) is 5.03. The van der Waals surface area contributed by atoms with Gasteiger partial charge in [-0.3, -0.25) is 4.79 Å². The monoisotopic (exact) mass is 322 g/mol. The van der Waals surface area contributed by atoms with Gasteiger partial charge in [-0.1, -0.05) is 6.92 Å². The highest BCUT2D eigenvalue weighted by Gasteiger charge is 2.67. The van der Waals surface area contributed by atoms with E-state index in [1.165, 1.54) is 0 Å². The zero-order valence-electron chi connectivity index (χ0n) is 10.5. The molecule has 0 aliphatic heterocycles. The molecule has 0 saturated heterocycles. The minimum absolute atomic E-state index is 0.897. The van der Waals surface area contributed by atoms with Crippen LogP contribution in [0.25, 0.3) is 0 Å². The van der Waals surface area contributed by atoms with Crippen molar-refractivity contribution in [3.63, 3.8) is 0 Å². The standard InChI is InChI=1S/C5H10N8O9/c1-2-5(12(21)8-17,13(22)9-18)3(14)4(10(19)6-15)11(20)7-16/h4,15-18H,2H2,1H3/p-4/b10-6-,11-7-,12-8-,13-9-. The highest BCUT2D eigenvalue weighted by atomic mass is 16.6. The molecule has 124 valence electrons. The number of hydrogen-bond donors (Lipinski definition) is 0. The van der Waals surface area contributed by atoms with Crippen LogP contribution in [0.1, 0.15) is 13.3 Å². The van der Waals surface area contributed by atoms with E-state index in [1.807, 2.05) is 0 Å². The Bertz CT molecular complexity index is 504. The molecule has 0 aromatic heterocycles. The summed E-state index contributed by atoms with van der Waals surface area (Å²) in [5, 5.41) is 92.2. The molecule has 17 heteroatoms. The molecule has 0 unspecified atom stereocenters. The number of rotatable bonds is 7. The molecule has 0 rings (SSSR count). The molecule has 0 aliphatic carbocycles. The van der Waals surface area contributed by atoms with Crippen molar-refractivity contribution in [1.29, 1.82) is 0 Å². The molecular formula is C5H6N8O9-4. The topological polar surface area (TPSA) is 263 Å². The van der Waals surface area contributed by atoms with Crippen LogP contribution < -0.4 is 0 Å².